The Morgan fingerprint density at radius 3 is 2.92 bits per heavy atom. The van der Waals surface area contributed by atoms with Gasteiger partial charge in [-0.25, -0.2) is 9.18 Å². The topological polar surface area (TPSA) is 41.6 Å². The number of carbonyl (C=O) groups excluding carboxylic acids is 1. The monoisotopic (exact) mass is 440 g/mol. The van der Waals surface area contributed by atoms with Gasteiger partial charge >= 0.3 is 6.03 Å². The summed E-state index contributed by atoms with van der Waals surface area (Å²) in [6.07, 6.45) is -0.164. The molecule has 0 bridgehead atoms. The predicted octanol–water partition coefficient (Wildman–Crippen LogP) is 5.09. The lowest BCUT2D eigenvalue weighted by molar-refractivity contribution is -0.0157. The van der Waals surface area contributed by atoms with E-state index < -0.39 is 5.82 Å². The number of benzene rings is 2. The lowest BCUT2D eigenvalue weighted by atomic mass is 10.1. The normalized spacial score (nSPS) is 18.5. The maximum absolute atomic E-state index is 13.3. The molecule has 26 heavy (non-hydrogen) atoms. The number of rotatable bonds is 3. The van der Waals surface area contributed by atoms with Crippen LogP contribution in [0.3, 0.4) is 0 Å². The molecule has 0 spiro atoms. The average Bonchev–Trinajstić information content (AvgIpc) is 2.64. The highest BCUT2D eigenvalue weighted by Gasteiger charge is 2.26. The Labute approximate surface area is 165 Å². The van der Waals surface area contributed by atoms with Crippen LogP contribution in [0.25, 0.3) is 0 Å². The summed E-state index contributed by atoms with van der Waals surface area (Å²) in [6.45, 7) is 3.31. The number of morpholine rings is 1. The van der Waals surface area contributed by atoms with Crippen molar-refractivity contribution in [3.05, 3.63) is 68.9 Å². The highest BCUT2D eigenvalue weighted by atomic mass is 79.9. The third kappa shape index (κ3) is 4.55. The highest BCUT2D eigenvalue weighted by molar-refractivity contribution is 9.10. The van der Waals surface area contributed by atoms with Crippen molar-refractivity contribution in [2.24, 2.45) is 0 Å². The molecule has 138 valence electrons. The number of halogens is 3. The van der Waals surface area contributed by atoms with Crippen molar-refractivity contribution in [2.75, 3.05) is 19.7 Å². The summed E-state index contributed by atoms with van der Waals surface area (Å²) in [7, 11) is 0. The molecule has 1 fully saturated rings. The minimum absolute atomic E-state index is 0.0460. The number of nitrogens with one attached hydrogen (secondary N) is 1. The fourth-order valence-corrected chi connectivity index (χ4v) is 3.49. The number of hydrogen-bond donors (Lipinski definition) is 1. The summed E-state index contributed by atoms with van der Waals surface area (Å²) in [4.78, 5) is 14.4. The first-order chi connectivity index (χ1) is 12.4. The van der Waals surface area contributed by atoms with Gasteiger partial charge in [-0.05, 0) is 42.3 Å². The van der Waals surface area contributed by atoms with Gasteiger partial charge < -0.3 is 15.0 Å². The molecule has 0 aromatic heterocycles. The van der Waals surface area contributed by atoms with Crippen LogP contribution in [0.4, 0.5) is 9.18 Å². The predicted molar refractivity (Wildman–Crippen MR) is 103 cm³/mol. The SMILES string of the molecule is CC(NC(=O)N1CCOC(c2cccc(Br)c2)C1)c1ccc(F)c(Cl)c1. The molecule has 1 aliphatic heterocycles. The Balaban J connectivity index is 1.64. The summed E-state index contributed by atoms with van der Waals surface area (Å²) in [6, 6.07) is 11.9. The zero-order chi connectivity index (χ0) is 18.7. The molecule has 1 aliphatic rings. The molecule has 4 nitrogen and oxygen atoms in total. The maximum Gasteiger partial charge on any atom is 0.318 e. The van der Waals surface area contributed by atoms with Crippen LogP contribution < -0.4 is 5.32 Å². The van der Waals surface area contributed by atoms with Gasteiger partial charge in [0.2, 0.25) is 0 Å². The second-order valence-electron chi connectivity index (χ2n) is 6.21. The number of amides is 2. The number of hydrogen-bond acceptors (Lipinski definition) is 2. The summed E-state index contributed by atoms with van der Waals surface area (Å²) < 4.78 is 20.1. The van der Waals surface area contributed by atoms with Crippen LogP contribution in [-0.4, -0.2) is 30.6 Å². The fourth-order valence-electron chi connectivity index (χ4n) is 2.88. The van der Waals surface area contributed by atoms with Crippen molar-refractivity contribution >= 4 is 33.6 Å². The Morgan fingerprint density at radius 2 is 2.19 bits per heavy atom. The third-order valence-electron chi connectivity index (χ3n) is 4.36. The average molecular weight is 442 g/mol. The molecule has 1 heterocycles. The Kier molecular flexibility index (Phi) is 6.16. The summed E-state index contributed by atoms with van der Waals surface area (Å²) >= 11 is 9.28. The van der Waals surface area contributed by atoms with E-state index in [0.29, 0.717) is 19.7 Å². The van der Waals surface area contributed by atoms with E-state index in [1.165, 1.54) is 12.1 Å². The van der Waals surface area contributed by atoms with Gasteiger partial charge in [0.25, 0.3) is 0 Å². The summed E-state index contributed by atoms with van der Waals surface area (Å²) in [5.74, 6) is -0.473. The molecule has 2 amide bonds. The number of urea groups is 1. The van der Waals surface area contributed by atoms with Crippen molar-refractivity contribution in [1.82, 2.24) is 10.2 Å². The molecule has 1 N–H and O–H groups in total. The lowest BCUT2D eigenvalue weighted by Gasteiger charge is -2.34. The number of ether oxygens (including phenoxy) is 1. The van der Waals surface area contributed by atoms with Crippen LogP contribution in [-0.2, 0) is 4.74 Å². The largest absolute Gasteiger partial charge is 0.370 e. The van der Waals surface area contributed by atoms with Gasteiger partial charge in [0.15, 0.2) is 0 Å². The van der Waals surface area contributed by atoms with E-state index in [4.69, 9.17) is 16.3 Å². The molecule has 2 unspecified atom stereocenters. The van der Waals surface area contributed by atoms with E-state index in [1.54, 1.807) is 11.0 Å². The van der Waals surface area contributed by atoms with Crippen LogP contribution in [0.15, 0.2) is 46.9 Å². The van der Waals surface area contributed by atoms with E-state index in [1.807, 2.05) is 31.2 Å². The zero-order valence-corrected chi connectivity index (χ0v) is 16.6. The molecule has 0 aliphatic carbocycles. The molecule has 2 atom stereocenters. The smallest absolute Gasteiger partial charge is 0.318 e. The second-order valence-corrected chi connectivity index (χ2v) is 7.53. The first-order valence-corrected chi connectivity index (χ1v) is 9.48. The number of nitrogens with zero attached hydrogens (tertiary/aromatic N) is 1. The Morgan fingerprint density at radius 1 is 1.38 bits per heavy atom. The Hall–Kier alpha value is -1.63. The maximum atomic E-state index is 13.3. The van der Waals surface area contributed by atoms with Gasteiger partial charge in [0, 0.05) is 11.0 Å². The van der Waals surface area contributed by atoms with Gasteiger partial charge in [-0.3, -0.25) is 0 Å². The first-order valence-electron chi connectivity index (χ1n) is 8.31. The van der Waals surface area contributed by atoms with E-state index >= 15 is 0 Å². The standard InChI is InChI=1S/C19H19BrClFN2O2/c1-12(13-5-6-17(22)16(21)10-13)23-19(25)24-7-8-26-18(11-24)14-3-2-4-15(20)9-14/h2-6,9-10,12,18H,7-8,11H2,1H3,(H,23,25). The van der Waals surface area contributed by atoms with Gasteiger partial charge in [0.1, 0.15) is 11.9 Å². The van der Waals surface area contributed by atoms with Crippen LogP contribution >= 0.6 is 27.5 Å². The summed E-state index contributed by atoms with van der Waals surface area (Å²) in [5, 5.41) is 2.98. The molecule has 3 rings (SSSR count). The first kappa shape index (κ1) is 19.1. The quantitative estimate of drug-likeness (QED) is 0.721. The highest BCUT2D eigenvalue weighted by Crippen LogP contribution is 2.25. The molecule has 0 radical (unpaired) electrons. The van der Waals surface area contributed by atoms with E-state index in [9.17, 15) is 9.18 Å². The lowest BCUT2D eigenvalue weighted by Crippen LogP contribution is -2.47. The van der Waals surface area contributed by atoms with Crippen molar-refractivity contribution in [2.45, 2.75) is 19.1 Å². The van der Waals surface area contributed by atoms with E-state index in [0.717, 1.165) is 15.6 Å². The van der Waals surface area contributed by atoms with Crippen molar-refractivity contribution < 1.29 is 13.9 Å². The molecule has 1 saturated heterocycles. The molecule has 2 aromatic rings. The zero-order valence-electron chi connectivity index (χ0n) is 14.2. The molecule has 2 aromatic carbocycles. The van der Waals surface area contributed by atoms with Crippen LogP contribution in [0.1, 0.15) is 30.2 Å². The van der Waals surface area contributed by atoms with Gasteiger partial charge in [-0.2, -0.15) is 0 Å². The minimum Gasteiger partial charge on any atom is -0.370 e. The summed E-state index contributed by atoms with van der Waals surface area (Å²) in [5.41, 5.74) is 1.77. The van der Waals surface area contributed by atoms with E-state index in [-0.39, 0.29) is 23.2 Å². The van der Waals surface area contributed by atoms with Crippen LogP contribution in [0, 0.1) is 5.82 Å². The van der Waals surface area contributed by atoms with Crippen LogP contribution in [0.2, 0.25) is 5.02 Å². The van der Waals surface area contributed by atoms with E-state index in [2.05, 4.69) is 21.2 Å². The van der Waals surface area contributed by atoms with Gasteiger partial charge in [0.05, 0.1) is 24.2 Å². The van der Waals surface area contributed by atoms with Crippen LogP contribution in [0.5, 0.6) is 0 Å². The molecule has 0 saturated carbocycles. The van der Waals surface area contributed by atoms with Gasteiger partial charge in [-0.15, -0.1) is 0 Å². The van der Waals surface area contributed by atoms with Crippen molar-refractivity contribution in [3.63, 3.8) is 0 Å². The Bertz CT molecular complexity index is 805. The molecular formula is C19H19BrClFN2O2. The minimum atomic E-state index is -0.473. The van der Waals surface area contributed by atoms with Crippen molar-refractivity contribution in [3.8, 4) is 0 Å². The third-order valence-corrected chi connectivity index (χ3v) is 5.14. The molecule has 7 heteroatoms. The molecular weight excluding hydrogens is 423 g/mol. The van der Waals surface area contributed by atoms with Crippen molar-refractivity contribution in [1.29, 1.82) is 0 Å². The van der Waals surface area contributed by atoms with Gasteiger partial charge in [-0.1, -0.05) is 45.7 Å². The second kappa shape index (κ2) is 8.37. The fraction of sp³-hybridized carbons (Fsp3) is 0.316. The number of carbonyl (C=O) groups is 1.